The van der Waals surface area contributed by atoms with Gasteiger partial charge in [0.15, 0.2) is 0 Å². The fraction of sp³-hybridized carbons (Fsp3) is 0.932. The molecule has 0 heterocycles. The lowest BCUT2D eigenvalue weighted by atomic mass is 9.96. The van der Waals surface area contributed by atoms with Crippen LogP contribution in [0.2, 0.25) is 0 Å². The first-order valence-corrected chi connectivity index (χ1v) is 29.7. The fourth-order valence-corrected chi connectivity index (χ4v) is 9.13. The van der Waals surface area contributed by atoms with Crippen molar-refractivity contribution >= 4 is 24.0 Å². The van der Waals surface area contributed by atoms with Crippen LogP contribution in [0.5, 0.6) is 0 Å². The van der Waals surface area contributed by atoms with Crippen LogP contribution in [0.25, 0.3) is 0 Å². The molecule has 0 rings (SSSR count). The first kappa shape index (κ1) is 66.6. The van der Waals surface area contributed by atoms with E-state index in [1.54, 1.807) is 4.90 Å². The molecule has 0 aromatic carbocycles. The lowest BCUT2D eigenvalue weighted by molar-refractivity contribution is -0.146. The Labute approximate surface area is 427 Å². The summed E-state index contributed by atoms with van der Waals surface area (Å²) < 4.78 is 23.3. The molecule has 1 amide bonds. The summed E-state index contributed by atoms with van der Waals surface area (Å²) in [6.45, 7) is 14.4. The van der Waals surface area contributed by atoms with E-state index >= 15 is 0 Å². The summed E-state index contributed by atoms with van der Waals surface area (Å²) in [4.78, 5) is 55.5. The maximum absolute atomic E-state index is 13.8. The molecule has 0 spiro atoms. The summed E-state index contributed by atoms with van der Waals surface area (Å²) in [5, 5.41) is 0. The summed E-state index contributed by atoms with van der Waals surface area (Å²) in [6.07, 6.45) is 40.3. The number of carbonyl (C=O) groups excluding carboxylic acids is 4. The Morgan fingerprint density at radius 3 is 1.20 bits per heavy atom. The van der Waals surface area contributed by atoms with Gasteiger partial charge in [-0.3, -0.25) is 14.4 Å². The number of hydrogen-bond donors (Lipinski definition) is 0. The van der Waals surface area contributed by atoms with Gasteiger partial charge < -0.3 is 28.7 Å². The van der Waals surface area contributed by atoms with E-state index in [1.165, 1.54) is 89.9 Å². The first-order chi connectivity index (χ1) is 33.6. The van der Waals surface area contributed by atoms with Crippen LogP contribution in [0.1, 0.15) is 285 Å². The van der Waals surface area contributed by atoms with Gasteiger partial charge in [-0.15, -0.1) is 0 Å². The number of ether oxygens (including phenoxy) is 4. The van der Waals surface area contributed by atoms with E-state index in [9.17, 15) is 19.2 Å². The zero-order valence-corrected chi connectivity index (χ0v) is 46.7. The van der Waals surface area contributed by atoms with Crippen LogP contribution in [0.3, 0.4) is 0 Å². The van der Waals surface area contributed by atoms with Crippen LogP contribution >= 0.6 is 0 Å². The van der Waals surface area contributed by atoms with Crippen molar-refractivity contribution in [3.63, 3.8) is 0 Å². The predicted molar refractivity (Wildman–Crippen MR) is 289 cm³/mol. The molecule has 2 atom stereocenters. The standard InChI is InChI=1S/C59H114N2O8/c1-8-13-18-29-36-50-66-58(64)46-49-61(48-37-47-60(6)7)59(65)69-55(42-32-25-21-23-27-34-44-56(62)67-51-53(38-16-11-4)40-30-19-14-9-2)43-33-26-22-24-28-35-45-57(63)68-52-54(39-17-12-5)41-31-20-15-10-3/h53-55H,8-52H2,1-7H3. The Bertz CT molecular complexity index is 1110. The molecular weight excluding hydrogens is 865 g/mol. The lowest BCUT2D eigenvalue weighted by Crippen LogP contribution is -2.37. The predicted octanol–water partition coefficient (Wildman–Crippen LogP) is 16.5. The van der Waals surface area contributed by atoms with Crippen molar-refractivity contribution in [2.24, 2.45) is 11.8 Å². The smallest absolute Gasteiger partial charge is 0.410 e. The second-order valence-corrected chi connectivity index (χ2v) is 20.9. The molecule has 0 bridgehead atoms. The van der Waals surface area contributed by atoms with Gasteiger partial charge in [0.05, 0.1) is 26.2 Å². The molecule has 0 saturated carbocycles. The van der Waals surface area contributed by atoms with Crippen LogP contribution in [0, 0.1) is 11.8 Å². The summed E-state index contributed by atoms with van der Waals surface area (Å²) in [5.41, 5.74) is 0. The van der Waals surface area contributed by atoms with Gasteiger partial charge in [-0.05, 0) is 110 Å². The number of unbranched alkanes of at least 4 members (excludes halogenated alkanes) is 22. The number of nitrogens with zero attached hydrogens (tertiary/aromatic N) is 2. The highest BCUT2D eigenvalue weighted by Crippen LogP contribution is 2.22. The topological polar surface area (TPSA) is 112 Å². The Kier molecular flexibility index (Phi) is 48.8. The molecule has 10 heteroatoms. The van der Waals surface area contributed by atoms with E-state index in [4.69, 9.17) is 18.9 Å². The van der Waals surface area contributed by atoms with Crippen LogP contribution in [0.15, 0.2) is 0 Å². The van der Waals surface area contributed by atoms with Crippen molar-refractivity contribution in [3.05, 3.63) is 0 Å². The van der Waals surface area contributed by atoms with Gasteiger partial charge in [-0.1, -0.05) is 189 Å². The van der Waals surface area contributed by atoms with Crippen LogP contribution < -0.4 is 0 Å². The van der Waals surface area contributed by atoms with Crippen molar-refractivity contribution in [1.82, 2.24) is 9.80 Å². The molecule has 0 N–H and O–H groups in total. The summed E-state index contributed by atoms with van der Waals surface area (Å²) in [5.74, 6) is 0.643. The number of rotatable bonds is 52. The second kappa shape index (κ2) is 50.6. The van der Waals surface area contributed by atoms with Gasteiger partial charge in [0, 0.05) is 25.9 Å². The summed E-state index contributed by atoms with van der Waals surface area (Å²) >= 11 is 0. The molecule has 2 unspecified atom stereocenters. The second-order valence-electron chi connectivity index (χ2n) is 20.9. The van der Waals surface area contributed by atoms with E-state index in [1.807, 2.05) is 14.1 Å². The Morgan fingerprint density at radius 1 is 0.362 bits per heavy atom. The minimum atomic E-state index is -0.328. The molecule has 0 aromatic rings. The highest BCUT2D eigenvalue weighted by Gasteiger charge is 2.22. The lowest BCUT2D eigenvalue weighted by Gasteiger charge is -2.26. The van der Waals surface area contributed by atoms with E-state index in [0.29, 0.717) is 57.6 Å². The van der Waals surface area contributed by atoms with E-state index in [-0.39, 0.29) is 36.5 Å². The fourth-order valence-electron chi connectivity index (χ4n) is 9.13. The third-order valence-corrected chi connectivity index (χ3v) is 13.8. The van der Waals surface area contributed by atoms with Crippen LogP contribution in [-0.4, -0.2) is 93.5 Å². The molecular formula is C59H114N2O8. The quantitative estimate of drug-likeness (QED) is 0.0334. The third kappa shape index (κ3) is 45.3. The van der Waals surface area contributed by atoms with Crippen molar-refractivity contribution in [2.45, 2.75) is 291 Å². The average Bonchev–Trinajstić information content (AvgIpc) is 3.33. The van der Waals surface area contributed by atoms with E-state index in [2.05, 4.69) is 39.5 Å². The number of carbonyl (C=O) groups is 4. The first-order valence-electron chi connectivity index (χ1n) is 29.7. The maximum Gasteiger partial charge on any atom is 0.410 e. The van der Waals surface area contributed by atoms with E-state index in [0.717, 1.165) is 148 Å². The normalized spacial score (nSPS) is 12.8. The Balaban J connectivity index is 5.07. The van der Waals surface area contributed by atoms with Gasteiger partial charge in [0.1, 0.15) is 6.10 Å². The maximum atomic E-state index is 13.8. The molecule has 0 aromatic heterocycles. The van der Waals surface area contributed by atoms with Crippen molar-refractivity contribution < 1.29 is 38.1 Å². The zero-order valence-electron chi connectivity index (χ0n) is 46.7. The Morgan fingerprint density at radius 2 is 0.739 bits per heavy atom. The van der Waals surface area contributed by atoms with Gasteiger partial charge >= 0.3 is 24.0 Å². The summed E-state index contributed by atoms with van der Waals surface area (Å²) in [6, 6.07) is 0. The average molecular weight is 980 g/mol. The van der Waals surface area contributed by atoms with Gasteiger partial charge in [-0.2, -0.15) is 0 Å². The van der Waals surface area contributed by atoms with Gasteiger partial charge in [0.25, 0.3) is 0 Å². The molecule has 0 aliphatic carbocycles. The van der Waals surface area contributed by atoms with Gasteiger partial charge in [-0.25, -0.2) is 4.79 Å². The molecule has 10 nitrogen and oxygen atoms in total. The largest absolute Gasteiger partial charge is 0.466 e. The molecule has 0 saturated heterocycles. The van der Waals surface area contributed by atoms with Crippen molar-refractivity contribution in [3.8, 4) is 0 Å². The molecule has 0 aliphatic heterocycles. The van der Waals surface area contributed by atoms with Crippen LogP contribution in [-0.2, 0) is 33.3 Å². The molecule has 0 aliphatic rings. The number of hydrogen-bond acceptors (Lipinski definition) is 9. The van der Waals surface area contributed by atoms with Crippen LogP contribution in [0.4, 0.5) is 4.79 Å². The highest BCUT2D eigenvalue weighted by atomic mass is 16.6. The van der Waals surface area contributed by atoms with E-state index < -0.39 is 0 Å². The monoisotopic (exact) mass is 979 g/mol. The zero-order chi connectivity index (χ0) is 50.8. The minimum absolute atomic E-state index is 0.0465. The van der Waals surface area contributed by atoms with Crippen molar-refractivity contribution in [2.75, 3.05) is 53.6 Å². The van der Waals surface area contributed by atoms with Crippen molar-refractivity contribution in [1.29, 1.82) is 0 Å². The van der Waals surface area contributed by atoms with Gasteiger partial charge in [0.2, 0.25) is 0 Å². The molecule has 0 fully saturated rings. The minimum Gasteiger partial charge on any atom is -0.466 e. The Hall–Kier alpha value is -2.36. The molecule has 408 valence electrons. The highest BCUT2D eigenvalue weighted by molar-refractivity contribution is 5.72. The SMILES string of the molecule is CCCCCCCOC(=O)CCN(CCCN(C)C)C(=O)OC(CCCCCCCCC(=O)OCC(CCCC)CCCCCC)CCCCCCCCC(=O)OCC(CCCC)CCCCCC. The molecule has 0 radical (unpaired) electrons. The number of amides is 1. The molecule has 69 heavy (non-hydrogen) atoms. The third-order valence-electron chi connectivity index (χ3n) is 13.8. The summed E-state index contributed by atoms with van der Waals surface area (Å²) in [7, 11) is 4.06. The number of esters is 3.